The van der Waals surface area contributed by atoms with Crippen LogP contribution in [-0.2, 0) is 19.1 Å². The first-order chi connectivity index (χ1) is 23.7. The Hall–Kier alpha value is -4.79. The van der Waals surface area contributed by atoms with Gasteiger partial charge in [0.1, 0.15) is 5.75 Å². The molecule has 1 aliphatic heterocycles. The highest BCUT2D eigenvalue weighted by molar-refractivity contribution is 6.42. The summed E-state index contributed by atoms with van der Waals surface area (Å²) in [5, 5.41) is 0.543. The Labute approximate surface area is 292 Å². The Morgan fingerprint density at radius 1 is 0.653 bits per heavy atom. The van der Waals surface area contributed by atoms with Crippen molar-refractivity contribution in [3.63, 3.8) is 0 Å². The van der Waals surface area contributed by atoms with E-state index < -0.39 is 36.2 Å². The predicted molar refractivity (Wildman–Crippen MR) is 182 cm³/mol. The number of unbranched alkanes of at least 4 members (excludes halogenated alkanes) is 2. The maximum atomic E-state index is 13.7. The van der Waals surface area contributed by atoms with E-state index >= 15 is 0 Å². The average Bonchev–Trinajstić information content (AvgIpc) is 3.37. The van der Waals surface area contributed by atoms with Crippen molar-refractivity contribution in [1.82, 2.24) is 4.90 Å². The molecule has 248 valence electrons. The van der Waals surface area contributed by atoms with Crippen molar-refractivity contribution in [2.75, 3.05) is 13.2 Å². The van der Waals surface area contributed by atoms with E-state index in [1.165, 1.54) is 47.4 Å². The van der Waals surface area contributed by atoms with Gasteiger partial charge in [0.2, 0.25) is 11.8 Å². The molecule has 0 radical (unpaired) electrons. The summed E-state index contributed by atoms with van der Waals surface area (Å²) in [5.74, 6) is -2.57. The van der Waals surface area contributed by atoms with Crippen LogP contribution in [0.1, 0.15) is 80.5 Å². The molecule has 2 atom stereocenters. The van der Waals surface area contributed by atoms with E-state index in [1.807, 2.05) is 24.3 Å². The molecule has 8 rings (SSSR count). The van der Waals surface area contributed by atoms with E-state index in [1.54, 1.807) is 0 Å². The summed E-state index contributed by atoms with van der Waals surface area (Å²) in [6.07, 6.45) is 1.79. The predicted octanol–water partition coefficient (Wildman–Crippen LogP) is 7.39. The van der Waals surface area contributed by atoms with Gasteiger partial charge < -0.3 is 9.47 Å². The van der Waals surface area contributed by atoms with E-state index in [4.69, 9.17) is 32.7 Å². The first-order valence-electron chi connectivity index (χ1n) is 16.2. The van der Waals surface area contributed by atoms with Crippen LogP contribution in [0.15, 0.2) is 91.0 Å². The van der Waals surface area contributed by atoms with Crippen LogP contribution < -0.4 is 4.74 Å². The molecule has 4 aromatic rings. The second kappa shape index (κ2) is 13.6. The zero-order valence-electron chi connectivity index (χ0n) is 26.3. The lowest BCUT2D eigenvalue weighted by atomic mass is 9.55. The smallest absolute Gasteiger partial charge is 0.343 e. The van der Waals surface area contributed by atoms with Gasteiger partial charge in [-0.1, -0.05) is 78.2 Å². The molecule has 1 fully saturated rings. The Morgan fingerprint density at radius 3 is 1.76 bits per heavy atom. The molecule has 2 bridgehead atoms. The molecule has 1 heterocycles. The molecule has 1 saturated heterocycles. The number of amides is 2. The fourth-order valence-corrected chi connectivity index (χ4v) is 7.77. The van der Waals surface area contributed by atoms with Crippen molar-refractivity contribution in [2.45, 2.75) is 37.5 Å². The summed E-state index contributed by atoms with van der Waals surface area (Å²) in [6.45, 7) is -0.114. The van der Waals surface area contributed by atoms with Crippen LogP contribution >= 0.6 is 23.2 Å². The number of nitrogens with zero attached hydrogens (tertiary/aromatic N) is 1. The van der Waals surface area contributed by atoms with Crippen LogP contribution in [-0.4, -0.2) is 47.6 Å². The average molecular weight is 697 g/mol. The summed E-state index contributed by atoms with van der Waals surface area (Å²) < 4.78 is 10.5. The third-order valence-corrected chi connectivity index (χ3v) is 10.4. The topological polar surface area (TPSA) is 107 Å². The van der Waals surface area contributed by atoms with Gasteiger partial charge in [-0.05, 0) is 77.6 Å². The van der Waals surface area contributed by atoms with Crippen molar-refractivity contribution in [1.29, 1.82) is 0 Å². The number of benzene rings is 4. The van der Waals surface area contributed by atoms with Crippen molar-refractivity contribution in [3.05, 3.63) is 134 Å². The molecule has 0 aromatic heterocycles. The van der Waals surface area contributed by atoms with Gasteiger partial charge in [0, 0.05) is 30.4 Å². The number of halogens is 2. The highest BCUT2D eigenvalue weighted by Crippen LogP contribution is 2.60. The Kier molecular flexibility index (Phi) is 9.09. The van der Waals surface area contributed by atoms with Crippen molar-refractivity contribution < 1.29 is 33.4 Å². The molecule has 4 aromatic carbocycles. The molecule has 4 aliphatic rings. The number of hydrogen-bond acceptors (Lipinski definition) is 7. The van der Waals surface area contributed by atoms with Crippen molar-refractivity contribution in [3.8, 4) is 5.75 Å². The molecule has 49 heavy (non-hydrogen) atoms. The van der Waals surface area contributed by atoms with Crippen molar-refractivity contribution >= 4 is 52.7 Å². The maximum absolute atomic E-state index is 13.7. The second-order valence-electron chi connectivity index (χ2n) is 12.5. The summed E-state index contributed by atoms with van der Waals surface area (Å²) in [4.78, 5) is 66.2. The number of Topliss-reactive ketones (excluding diaryl/α,β-unsaturated/α-hetero) is 1. The number of rotatable bonds is 11. The summed E-state index contributed by atoms with van der Waals surface area (Å²) in [5.41, 5.74) is 5.10. The monoisotopic (exact) mass is 695 g/mol. The molecule has 3 aliphatic carbocycles. The van der Waals surface area contributed by atoms with Gasteiger partial charge in [0.15, 0.2) is 12.4 Å². The number of esters is 2. The van der Waals surface area contributed by atoms with E-state index in [0.29, 0.717) is 36.4 Å². The quantitative estimate of drug-likeness (QED) is 0.0529. The van der Waals surface area contributed by atoms with E-state index in [9.17, 15) is 24.0 Å². The van der Waals surface area contributed by atoms with Crippen LogP contribution in [0.4, 0.5) is 0 Å². The van der Waals surface area contributed by atoms with Gasteiger partial charge in [0.05, 0.1) is 27.4 Å². The maximum Gasteiger partial charge on any atom is 0.343 e. The fraction of sp³-hybridized carbons (Fsp3) is 0.256. The van der Waals surface area contributed by atoms with Crippen LogP contribution in [0.25, 0.3) is 0 Å². The molecule has 2 unspecified atom stereocenters. The molecule has 8 nitrogen and oxygen atoms in total. The number of ketones is 1. The standard InChI is InChI=1S/C39H31Cl2NO7/c40-29-18-15-23(20-30(29)41)39(47)49-24-16-13-22(14-17-24)31(43)21-48-32(44)12-2-1-7-19-42-37(45)35-33-25-8-3-4-9-26(25)34(36(35)38(42)46)28-11-6-5-10-27(28)33/h3-6,8-11,13-18,20,33-36H,1-2,7,12,19,21H2. The van der Waals surface area contributed by atoms with Crippen LogP contribution in [0.3, 0.4) is 0 Å². The lowest BCUT2D eigenvalue weighted by molar-refractivity contribution is -0.143. The van der Waals surface area contributed by atoms with Gasteiger partial charge >= 0.3 is 11.9 Å². The van der Waals surface area contributed by atoms with E-state index in [0.717, 1.165) is 22.3 Å². The minimum absolute atomic E-state index is 0.107. The minimum Gasteiger partial charge on any atom is -0.457 e. The molecule has 0 saturated carbocycles. The highest BCUT2D eigenvalue weighted by atomic mass is 35.5. The minimum atomic E-state index is -0.632. The molecular weight excluding hydrogens is 665 g/mol. The van der Waals surface area contributed by atoms with Crippen LogP contribution in [0.2, 0.25) is 10.0 Å². The Morgan fingerprint density at radius 2 is 1.20 bits per heavy atom. The number of ether oxygens (including phenoxy) is 2. The summed E-state index contributed by atoms with van der Waals surface area (Å²) >= 11 is 11.8. The largest absolute Gasteiger partial charge is 0.457 e. The first kappa shape index (κ1) is 32.7. The Bertz CT molecular complexity index is 1880. The van der Waals surface area contributed by atoms with Crippen molar-refractivity contribution in [2.24, 2.45) is 11.8 Å². The number of imide groups is 1. The van der Waals surface area contributed by atoms with Crippen LogP contribution in [0, 0.1) is 11.8 Å². The molecule has 0 spiro atoms. The van der Waals surface area contributed by atoms with Crippen LogP contribution in [0.5, 0.6) is 5.75 Å². The lowest BCUT2D eigenvalue weighted by Crippen LogP contribution is -2.41. The molecule has 10 heteroatoms. The highest BCUT2D eigenvalue weighted by Gasteiger charge is 2.61. The fourth-order valence-electron chi connectivity index (χ4n) is 7.47. The second-order valence-corrected chi connectivity index (χ2v) is 13.3. The molecule has 0 N–H and O–H groups in total. The van der Waals surface area contributed by atoms with Gasteiger partial charge in [-0.2, -0.15) is 0 Å². The van der Waals surface area contributed by atoms with E-state index in [-0.39, 0.29) is 46.4 Å². The normalized spacial score (nSPS) is 20.0. The Balaban J connectivity index is 0.858. The van der Waals surface area contributed by atoms with Gasteiger partial charge in [0.25, 0.3) is 0 Å². The zero-order valence-corrected chi connectivity index (χ0v) is 27.8. The van der Waals surface area contributed by atoms with Gasteiger partial charge in [-0.25, -0.2) is 4.79 Å². The zero-order chi connectivity index (χ0) is 34.2. The summed E-state index contributed by atoms with van der Waals surface area (Å²) in [7, 11) is 0. The SMILES string of the molecule is O=C(CCCCCN1C(=O)C2C3c4ccccc4C(c4ccccc43)C2C1=O)OCC(=O)c1ccc(OC(=O)c2ccc(Cl)c(Cl)c2)cc1. The first-order valence-corrected chi connectivity index (χ1v) is 17.0. The number of carbonyl (C=O) groups is 5. The third kappa shape index (κ3) is 6.15. The third-order valence-electron chi connectivity index (χ3n) is 9.71. The number of carbonyl (C=O) groups excluding carboxylic acids is 5. The van der Waals surface area contributed by atoms with E-state index in [2.05, 4.69) is 24.3 Å². The van der Waals surface area contributed by atoms with Gasteiger partial charge in [-0.3, -0.25) is 24.1 Å². The number of hydrogen-bond donors (Lipinski definition) is 0. The summed E-state index contributed by atoms with van der Waals surface area (Å²) in [6, 6.07) is 26.6. The number of likely N-dealkylation sites (tertiary alicyclic amines) is 1. The lowest BCUT2D eigenvalue weighted by Gasteiger charge is -2.45. The molecule has 2 amide bonds. The van der Waals surface area contributed by atoms with Gasteiger partial charge in [-0.15, -0.1) is 0 Å². The molecular formula is C39H31Cl2NO7.